The Balaban J connectivity index is 1.47. The number of carbonyl (C=O) groups excluding carboxylic acids is 1. The molecule has 0 spiro atoms. The van der Waals surface area contributed by atoms with Gasteiger partial charge in [-0.05, 0) is 36.5 Å². The van der Waals surface area contributed by atoms with Crippen LogP contribution in [0.5, 0.6) is 11.5 Å². The van der Waals surface area contributed by atoms with E-state index in [1.54, 1.807) is 0 Å². The minimum absolute atomic E-state index is 0.00567. The van der Waals surface area contributed by atoms with Crippen molar-refractivity contribution in [3.05, 3.63) is 23.8 Å². The summed E-state index contributed by atoms with van der Waals surface area (Å²) in [7, 11) is 0. The molecule has 0 aromatic heterocycles. The number of ether oxygens (including phenoxy) is 3. The van der Waals surface area contributed by atoms with Gasteiger partial charge in [0.25, 0.3) is 0 Å². The van der Waals surface area contributed by atoms with Gasteiger partial charge in [0.2, 0.25) is 6.79 Å². The predicted molar refractivity (Wildman–Crippen MR) is 104 cm³/mol. The molecule has 2 heterocycles. The van der Waals surface area contributed by atoms with Crippen molar-refractivity contribution in [2.45, 2.75) is 52.1 Å². The first-order valence-corrected chi connectivity index (χ1v) is 9.89. The van der Waals surface area contributed by atoms with E-state index in [-0.39, 0.29) is 24.3 Å². The van der Waals surface area contributed by atoms with Crippen LogP contribution in [-0.2, 0) is 10.2 Å². The Morgan fingerprint density at radius 2 is 1.96 bits per heavy atom. The Bertz CT molecular complexity index is 652. The second-order valence-electron chi connectivity index (χ2n) is 8.52. The first kappa shape index (κ1) is 19.8. The van der Waals surface area contributed by atoms with Crippen LogP contribution in [0.25, 0.3) is 0 Å². The van der Waals surface area contributed by atoms with Crippen LogP contribution in [0, 0.1) is 5.92 Å². The van der Waals surface area contributed by atoms with Gasteiger partial charge in [-0.25, -0.2) is 4.79 Å². The molecule has 0 atom stereocenters. The highest BCUT2D eigenvalue weighted by molar-refractivity contribution is 5.74. The molecule has 2 aliphatic heterocycles. The van der Waals surface area contributed by atoms with Gasteiger partial charge in [-0.15, -0.1) is 0 Å². The number of carbonyl (C=O) groups is 1. The maximum absolute atomic E-state index is 12.6. The topological polar surface area (TPSA) is 60.0 Å². The maximum atomic E-state index is 12.6. The van der Waals surface area contributed by atoms with Gasteiger partial charge in [-0.2, -0.15) is 0 Å². The third-order valence-electron chi connectivity index (χ3n) is 5.23. The second-order valence-corrected chi connectivity index (χ2v) is 8.52. The van der Waals surface area contributed by atoms with Crippen LogP contribution in [-0.4, -0.2) is 50.1 Å². The van der Waals surface area contributed by atoms with E-state index in [2.05, 4.69) is 33.0 Å². The second kappa shape index (κ2) is 8.38. The molecule has 6 heteroatoms. The molecule has 2 amide bonds. The first-order chi connectivity index (χ1) is 12.8. The average molecular weight is 376 g/mol. The van der Waals surface area contributed by atoms with Gasteiger partial charge < -0.3 is 24.4 Å². The van der Waals surface area contributed by atoms with Crippen molar-refractivity contribution in [3.8, 4) is 11.5 Å². The average Bonchev–Trinajstić information content (AvgIpc) is 3.12. The molecular weight excluding hydrogens is 344 g/mol. The molecule has 27 heavy (non-hydrogen) atoms. The highest BCUT2D eigenvalue weighted by atomic mass is 16.7. The molecule has 150 valence electrons. The van der Waals surface area contributed by atoms with E-state index < -0.39 is 0 Å². The number of nitrogens with one attached hydrogen (secondary N) is 1. The summed E-state index contributed by atoms with van der Waals surface area (Å²) < 4.78 is 16.7. The van der Waals surface area contributed by atoms with Crippen molar-refractivity contribution in [2.75, 3.05) is 33.0 Å². The number of hydrogen-bond acceptors (Lipinski definition) is 4. The number of fused-ring (bicyclic) bond motifs is 1. The molecule has 0 saturated carbocycles. The molecule has 0 unspecified atom stereocenters. The molecule has 1 aromatic carbocycles. The summed E-state index contributed by atoms with van der Waals surface area (Å²) in [5, 5.41) is 3.10. The highest BCUT2D eigenvalue weighted by Crippen LogP contribution is 2.36. The molecule has 0 bridgehead atoms. The molecular formula is C21H32N2O4. The van der Waals surface area contributed by atoms with Crippen molar-refractivity contribution in [1.29, 1.82) is 0 Å². The van der Waals surface area contributed by atoms with E-state index in [1.807, 2.05) is 23.1 Å². The lowest BCUT2D eigenvalue weighted by atomic mass is 9.84. The molecule has 0 aliphatic carbocycles. The fourth-order valence-electron chi connectivity index (χ4n) is 3.38. The molecule has 0 radical (unpaired) electrons. The SMILES string of the molecule is CC(C)COC1CCN(C(=O)NCC(C)(C)c2ccc3c(c2)OCO3)CC1. The Morgan fingerprint density at radius 1 is 1.26 bits per heavy atom. The lowest BCUT2D eigenvalue weighted by Crippen LogP contribution is -2.48. The molecule has 2 aliphatic rings. The van der Waals surface area contributed by atoms with Gasteiger partial charge in [-0.1, -0.05) is 33.8 Å². The summed E-state index contributed by atoms with van der Waals surface area (Å²) >= 11 is 0. The van der Waals surface area contributed by atoms with Crippen molar-refractivity contribution in [1.82, 2.24) is 10.2 Å². The zero-order chi connectivity index (χ0) is 19.4. The Kier molecular flexibility index (Phi) is 6.15. The van der Waals surface area contributed by atoms with Crippen LogP contribution < -0.4 is 14.8 Å². The Labute approximate surface area is 162 Å². The van der Waals surface area contributed by atoms with Gasteiger partial charge in [-0.3, -0.25) is 0 Å². The normalized spacial score (nSPS) is 17.4. The molecule has 1 fully saturated rings. The molecule has 3 rings (SSSR count). The first-order valence-electron chi connectivity index (χ1n) is 9.89. The maximum Gasteiger partial charge on any atom is 0.317 e. The monoisotopic (exact) mass is 376 g/mol. The zero-order valence-electron chi connectivity index (χ0n) is 16.9. The van der Waals surface area contributed by atoms with Crippen molar-refractivity contribution in [3.63, 3.8) is 0 Å². The summed E-state index contributed by atoms with van der Waals surface area (Å²) in [6.45, 7) is 11.7. The van der Waals surface area contributed by atoms with Crippen LogP contribution in [0.3, 0.4) is 0 Å². The van der Waals surface area contributed by atoms with Gasteiger partial charge in [0.15, 0.2) is 11.5 Å². The Hall–Kier alpha value is -1.95. The number of benzene rings is 1. The number of nitrogens with zero attached hydrogens (tertiary/aromatic N) is 1. The number of urea groups is 1. The molecule has 1 aromatic rings. The van der Waals surface area contributed by atoms with Gasteiger partial charge in [0.1, 0.15) is 0 Å². The van der Waals surface area contributed by atoms with E-state index in [1.165, 1.54) is 0 Å². The standard InChI is InChI=1S/C21H32N2O4/c1-15(2)12-25-17-7-9-23(10-8-17)20(24)22-13-21(3,4)16-5-6-18-19(11-16)27-14-26-18/h5-6,11,15,17H,7-10,12-14H2,1-4H3,(H,22,24). The summed E-state index contributed by atoms with van der Waals surface area (Å²) in [6, 6.07) is 5.98. The number of amides is 2. The van der Waals surface area contributed by atoms with Crippen molar-refractivity contribution < 1.29 is 19.0 Å². The minimum atomic E-state index is -0.199. The lowest BCUT2D eigenvalue weighted by Gasteiger charge is -2.33. The van der Waals surface area contributed by atoms with Gasteiger partial charge >= 0.3 is 6.03 Å². The predicted octanol–water partition coefficient (Wildman–Crippen LogP) is 3.54. The third kappa shape index (κ3) is 5.06. The third-order valence-corrected chi connectivity index (χ3v) is 5.23. The highest BCUT2D eigenvalue weighted by Gasteiger charge is 2.27. The molecule has 1 saturated heterocycles. The van der Waals surface area contributed by atoms with Crippen molar-refractivity contribution in [2.24, 2.45) is 5.92 Å². The van der Waals surface area contributed by atoms with Crippen LogP contribution >= 0.6 is 0 Å². The minimum Gasteiger partial charge on any atom is -0.454 e. The van der Waals surface area contributed by atoms with Crippen LogP contribution in [0.4, 0.5) is 4.79 Å². The number of likely N-dealkylation sites (tertiary alicyclic amines) is 1. The molecule has 6 nitrogen and oxygen atoms in total. The molecule has 1 N–H and O–H groups in total. The number of hydrogen-bond donors (Lipinski definition) is 1. The van der Waals surface area contributed by atoms with Crippen LogP contribution in [0.15, 0.2) is 18.2 Å². The van der Waals surface area contributed by atoms with Crippen LogP contribution in [0.1, 0.15) is 46.1 Å². The number of piperidine rings is 1. The largest absolute Gasteiger partial charge is 0.454 e. The fraction of sp³-hybridized carbons (Fsp3) is 0.667. The summed E-state index contributed by atoms with van der Waals surface area (Å²) in [4.78, 5) is 14.5. The zero-order valence-corrected chi connectivity index (χ0v) is 16.9. The summed E-state index contributed by atoms with van der Waals surface area (Å²) in [5.74, 6) is 2.10. The van der Waals surface area contributed by atoms with Crippen LogP contribution in [0.2, 0.25) is 0 Å². The lowest BCUT2D eigenvalue weighted by molar-refractivity contribution is 0.00207. The Morgan fingerprint density at radius 3 is 2.67 bits per heavy atom. The van der Waals surface area contributed by atoms with Crippen molar-refractivity contribution >= 4 is 6.03 Å². The summed E-state index contributed by atoms with van der Waals surface area (Å²) in [6.07, 6.45) is 2.10. The fourth-order valence-corrected chi connectivity index (χ4v) is 3.38. The van der Waals surface area contributed by atoms with E-state index in [9.17, 15) is 4.79 Å². The van der Waals surface area contributed by atoms with E-state index in [4.69, 9.17) is 14.2 Å². The smallest absolute Gasteiger partial charge is 0.317 e. The number of rotatable bonds is 6. The quantitative estimate of drug-likeness (QED) is 0.825. The van der Waals surface area contributed by atoms with E-state index in [0.29, 0.717) is 12.5 Å². The van der Waals surface area contributed by atoms with E-state index in [0.717, 1.165) is 49.6 Å². The van der Waals surface area contributed by atoms with E-state index >= 15 is 0 Å². The van der Waals surface area contributed by atoms with Gasteiger partial charge in [0, 0.05) is 31.7 Å². The summed E-state index contributed by atoms with van der Waals surface area (Å²) in [5.41, 5.74) is 0.919. The van der Waals surface area contributed by atoms with Gasteiger partial charge in [0.05, 0.1) is 6.10 Å².